The molecular formula is C23H32N4O. The Morgan fingerprint density at radius 1 is 1.11 bits per heavy atom. The second kappa shape index (κ2) is 10.0. The molecule has 28 heavy (non-hydrogen) atoms. The Morgan fingerprint density at radius 2 is 1.79 bits per heavy atom. The molecule has 1 unspecified atom stereocenters. The lowest BCUT2D eigenvalue weighted by molar-refractivity contribution is 0.223. The topological polar surface area (TPSA) is 48.9 Å². The number of nitrogens with one attached hydrogen (secondary N) is 2. The van der Waals surface area contributed by atoms with Gasteiger partial charge >= 0.3 is 0 Å². The van der Waals surface area contributed by atoms with Crippen molar-refractivity contribution in [2.45, 2.75) is 38.8 Å². The number of para-hydroxylation sites is 1. The van der Waals surface area contributed by atoms with Crippen molar-refractivity contribution >= 4 is 11.6 Å². The number of guanidine groups is 1. The molecule has 0 saturated carbocycles. The predicted molar refractivity (Wildman–Crippen MR) is 117 cm³/mol. The van der Waals surface area contributed by atoms with Crippen molar-refractivity contribution in [3.8, 4) is 5.75 Å². The average molecular weight is 381 g/mol. The molecule has 1 atom stereocenters. The normalized spacial score (nSPS) is 16.5. The minimum absolute atomic E-state index is 0.0567. The van der Waals surface area contributed by atoms with Crippen molar-refractivity contribution in [3.05, 3.63) is 60.2 Å². The van der Waals surface area contributed by atoms with Crippen LogP contribution in [0.1, 0.15) is 25.3 Å². The zero-order chi connectivity index (χ0) is 19.8. The summed E-state index contributed by atoms with van der Waals surface area (Å²) < 4.78 is 5.97. The Kier molecular flexibility index (Phi) is 7.18. The lowest BCUT2D eigenvalue weighted by Gasteiger charge is -2.34. The van der Waals surface area contributed by atoms with E-state index in [2.05, 4.69) is 76.8 Å². The minimum Gasteiger partial charge on any atom is -0.489 e. The monoisotopic (exact) mass is 380 g/mol. The highest BCUT2D eigenvalue weighted by Gasteiger charge is 2.20. The van der Waals surface area contributed by atoms with E-state index in [1.54, 1.807) is 0 Å². The van der Waals surface area contributed by atoms with Crippen LogP contribution in [0, 0.1) is 6.92 Å². The van der Waals surface area contributed by atoms with Gasteiger partial charge in [0.05, 0.1) is 6.54 Å². The molecule has 2 aromatic rings. The first kappa shape index (κ1) is 20.1. The SMILES string of the molecule is CN=C(NCC(C)Oc1ccc(C)cc1)NC1CCN(c2ccccc2)CC1. The maximum atomic E-state index is 5.97. The summed E-state index contributed by atoms with van der Waals surface area (Å²) in [5.41, 5.74) is 2.55. The summed E-state index contributed by atoms with van der Waals surface area (Å²) >= 11 is 0. The van der Waals surface area contributed by atoms with Crippen molar-refractivity contribution in [3.63, 3.8) is 0 Å². The molecule has 2 aromatic carbocycles. The Bertz CT molecular complexity index is 737. The van der Waals surface area contributed by atoms with E-state index in [9.17, 15) is 0 Å². The van der Waals surface area contributed by atoms with Gasteiger partial charge in [0.2, 0.25) is 0 Å². The van der Waals surface area contributed by atoms with Gasteiger partial charge in [-0.05, 0) is 51.0 Å². The van der Waals surface area contributed by atoms with E-state index in [-0.39, 0.29) is 6.10 Å². The van der Waals surface area contributed by atoms with Crippen LogP contribution < -0.4 is 20.3 Å². The van der Waals surface area contributed by atoms with Gasteiger partial charge < -0.3 is 20.3 Å². The number of nitrogens with zero attached hydrogens (tertiary/aromatic N) is 2. The van der Waals surface area contributed by atoms with E-state index < -0.39 is 0 Å². The number of rotatable bonds is 6. The zero-order valence-electron chi connectivity index (χ0n) is 17.2. The number of benzene rings is 2. The quantitative estimate of drug-likeness (QED) is 0.594. The van der Waals surface area contributed by atoms with Crippen LogP contribution in [0.25, 0.3) is 0 Å². The highest BCUT2D eigenvalue weighted by molar-refractivity contribution is 5.80. The van der Waals surface area contributed by atoms with Crippen LogP contribution in [0.4, 0.5) is 5.69 Å². The van der Waals surface area contributed by atoms with Crippen molar-refractivity contribution < 1.29 is 4.74 Å². The van der Waals surface area contributed by atoms with Gasteiger partial charge in [-0.15, -0.1) is 0 Å². The summed E-state index contributed by atoms with van der Waals surface area (Å²) in [7, 11) is 1.82. The number of aliphatic imine (C=N–C) groups is 1. The highest BCUT2D eigenvalue weighted by Crippen LogP contribution is 2.19. The van der Waals surface area contributed by atoms with Gasteiger partial charge in [0.25, 0.3) is 0 Å². The predicted octanol–water partition coefficient (Wildman–Crippen LogP) is 3.60. The summed E-state index contributed by atoms with van der Waals surface area (Å²) in [4.78, 5) is 6.83. The van der Waals surface area contributed by atoms with E-state index >= 15 is 0 Å². The molecule has 1 aliphatic rings. The van der Waals surface area contributed by atoms with Crippen LogP contribution in [-0.4, -0.2) is 44.8 Å². The molecule has 0 bridgehead atoms. The Hall–Kier alpha value is -2.69. The van der Waals surface area contributed by atoms with E-state index in [0.717, 1.165) is 37.6 Å². The van der Waals surface area contributed by atoms with Gasteiger partial charge in [-0.3, -0.25) is 4.99 Å². The van der Waals surface area contributed by atoms with Crippen LogP contribution in [0.2, 0.25) is 0 Å². The Morgan fingerprint density at radius 3 is 2.43 bits per heavy atom. The number of anilines is 1. The molecule has 1 heterocycles. The van der Waals surface area contributed by atoms with Gasteiger partial charge in [-0.1, -0.05) is 35.9 Å². The second-order valence-corrected chi connectivity index (χ2v) is 7.44. The molecular weight excluding hydrogens is 348 g/mol. The number of piperidine rings is 1. The molecule has 1 aliphatic heterocycles. The smallest absolute Gasteiger partial charge is 0.191 e. The Labute approximate surface area is 168 Å². The lowest BCUT2D eigenvalue weighted by atomic mass is 10.0. The third-order valence-electron chi connectivity index (χ3n) is 5.10. The first-order valence-electron chi connectivity index (χ1n) is 10.1. The second-order valence-electron chi connectivity index (χ2n) is 7.44. The van der Waals surface area contributed by atoms with Crippen LogP contribution in [0.3, 0.4) is 0 Å². The molecule has 0 amide bonds. The Balaban J connectivity index is 1.40. The summed E-state index contributed by atoms with van der Waals surface area (Å²) in [6.07, 6.45) is 2.26. The molecule has 2 N–H and O–H groups in total. The first-order valence-corrected chi connectivity index (χ1v) is 10.1. The van der Waals surface area contributed by atoms with Crippen LogP contribution in [0.5, 0.6) is 5.75 Å². The van der Waals surface area contributed by atoms with E-state index in [1.165, 1.54) is 11.3 Å². The molecule has 1 saturated heterocycles. The van der Waals surface area contributed by atoms with Crippen molar-refractivity contribution in [2.75, 3.05) is 31.6 Å². The van der Waals surface area contributed by atoms with E-state index in [4.69, 9.17) is 4.74 Å². The van der Waals surface area contributed by atoms with Gasteiger partial charge in [-0.25, -0.2) is 0 Å². The maximum Gasteiger partial charge on any atom is 0.191 e. The number of hydrogen-bond acceptors (Lipinski definition) is 3. The van der Waals surface area contributed by atoms with Crippen molar-refractivity contribution in [2.24, 2.45) is 4.99 Å². The fraction of sp³-hybridized carbons (Fsp3) is 0.435. The fourth-order valence-corrected chi connectivity index (χ4v) is 3.44. The van der Waals surface area contributed by atoms with Crippen LogP contribution >= 0.6 is 0 Å². The van der Waals surface area contributed by atoms with Crippen molar-refractivity contribution in [1.29, 1.82) is 0 Å². The lowest BCUT2D eigenvalue weighted by Crippen LogP contribution is -2.50. The molecule has 0 aromatic heterocycles. The number of hydrogen-bond donors (Lipinski definition) is 2. The van der Waals surface area contributed by atoms with Crippen molar-refractivity contribution in [1.82, 2.24) is 10.6 Å². The van der Waals surface area contributed by atoms with Crippen LogP contribution in [0.15, 0.2) is 59.6 Å². The van der Waals surface area contributed by atoms with Gasteiger partial charge in [-0.2, -0.15) is 0 Å². The minimum atomic E-state index is 0.0567. The number of aryl methyl sites for hydroxylation is 1. The summed E-state index contributed by atoms with van der Waals surface area (Å²) in [5, 5.41) is 6.95. The molecule has 0 spiro atoms. The molecule has 5 heteroatoms. The summed E-state index contributed by atoms with van der Waals surface area (Å²) in [6.45, 7) is 6.97. The fourth-order valence-electron chi connectivity index (χ4n) is 3.44. The first-order chi connectivity index (χ1) is 13.6. The highest BCUT2D eigenvalue weighted by atomic mass is 16.5. The zero-order valence-corrected chi connectivity index (χ0v) is 17.2. The summed E-state index contributed by atoms with van der Waals surface area (Å²) in [6, 6.07) is 19.2. The van der Waals surface area contributed by atoms with E-state index in [1.807, 2.05) is 19.2 Å². The molecule has 0 radical (unpaired) electrons. The van der Waals surface area contributed by atoms with Gasteiger partial charge in [0.1, 0.15) is 11.9 Å². The molecule has 0 aliphatic carbocycles. The van der Waals surface area contributed by atoms with Gasteiger partial charge in [0.15, 0.2) is 5.96 Å². The van der Waals surface area contributed by atoms with Crippen LogP contribution in [-0.2, 0) is 0 Å². The molecule has 5 nitrogen and oxygen atoms in total. The summed E-state index contributed by atoms with van der Waals surface area (Å²) in [5.74, 6) is 1.74. The number of ether oxygens (including phenoxy) is 1. The standard InChI is InChI=1S/C23H32N4O/c1-18-9-11-22(12-10-18)28-19(2)17-25-23(24-3)26-20-13-15-27(16-14-20)21-7-5-4-6-8-21/h4-12,19-20H,13-17H2,1-3H3,(H2,24,25,26). The van der Waals surface area contributed by atoms with Gasteiger partial charge in [0, 0.05) is 31.9 Å². The largest absolute Gasteiger partial charge is 0.489 e. The third kappa shape index (κ3) is 5.91. The van der Waals surface area contributed by atoms with E-state index in [0.29, 0.717) is 12.6 Å². The maximum absolute atomic E-state index is 5.97. The molecule has 1 fully saturated rings. The molecule has 150 valence electrons. The molecule has 3 rings (SSSR count). The third-order valence-corrected chi connectivity index (χ3v) is 5.10. The average Bonchev–Trinajstić information content (AvgIpc) is 2.74.